The van der Waals surface area contributed by atoms with Crippen LogP contribution in [0.15, 0.2) is 36.7 Å². The van der Waals surface area contributed by atoms with Crippen LogP contribution in [-0.2, 0) is 23.4 Å². The number of anilines is 1. The Kier molecular flexibility index (Phi) is 8.93. The monoisotopic (exact) mass is 579 g/mol. The molecule has 1 saturated heterocycles. The van der Waals surface area contributed by atoms with Gasteiger partial charge >= 0.3 is 13.7 Å². The highest BCUT2D eigenvalue weighted by molar-refractivity contribution is 7.52. The van der Waals surface area contributed by atoms with Crippen molar-refractivity contribution < 1.29 is 37.7 Å². The number of ether oxygens (including phenoxy) is 3. The molecule has 6 N–H and O–H groups in total. The van der Waals surface area contributed by atoms with Crippen LogP contribution in [0.1, 0.15) is 33.9 Å². The van der Waals surface area contributed by atoms with E-state index in [1.165, 1.54) is 17.8 Å². The van der Waals surface area contributed by atoms with Gasteiger partial charge in [-0.3, -0.25) is 13.9 Å². The van der Waals surface area contributed by atoms with Crippen LogP contribution >= 0.6 is 7.75 Å². The van der Waals surface area contributed by atoms with Gasteiger partial charge < -0.3 is 35.3 Å². The summed E-state index contributed by atoms with van der Waals surface area (Å²) in [6.45, 7) is 6.56. The number of carbonyl (C=O) groups excluding carboxylic acids is 1. The summed E-state index contributed by atoms with van der Waals surface area (Å²) in [7, 11) is -4.19. The Labute approximate surface area is 230 Å². The number of imidazole rings is 1. The molecule has 1 aliphatic heterocycles. The van der Waals surface area contributed by atoms with Gasteiger partial charge in [-0.25, -0.2) is 9.55 Å². The molecule has 0 aliphatic carbocycles. The Morgan fingerprint density at radius 2 is 2.00 bits per heavy atom. The number of nitrogen functional groups attached to an aromatic ring is 1. The quantitative estimate of drug-likeness (QED) is 0.177. The number of hydrogen-bond acceptors (Lipinski definition) is 13. The first-order chi connectivity index (χ1) is 19.0. The Morgan fingerprint density at radius 3 is 2.67 bits per heavy atom. The van der Waals surface area contributed by atoms with Crippen molar-refractivity contribution in [2.24, 2.45) is 5.73 Å². The normalized spacial score (nSPS) is 24.9. The number of fused-ring (bicyclic) bond motifs is 1. The summed E-state index contributed by atoms with van der Waals surface area (Å²) in [5.74, 6) is -0.261. The van der Waals surface area contributed by atoms with Crippen LogP contribution in [0, 0.1) is 0 Å². The topological polar surface area (TPSA) is 208 Å². The van der Waals surface area contributed by atoms with E-state index >= 15 is 0 Å². The predicted octanol–water partition coefficient (Wildman–Crippen LogP) is 1.53. The molecular formula is C24H34N7O8P. The number of hydrogen-bond donors (Lipinski definition) is 4. The van der Waals surface area contributed by atoms with Gasteiger partial charge in [0, 0.05) is 0 Å². The fourth-order valence-electron chi connectivity index (χ4n) is 4.18. The molecule has 0 bridgehead atoms. The van der Waals surface area contributed by atoms with Gasteiger partial charge in [0.1, 0.15) is 24.0 Å². The summed E-state index contributed by atoms with van der Waals surface area (Å²) >= 11 is 0. The second-order valence-electron chi connectivity index (χ2n) is 9.28. The van der Waals surface area contributed by atoms with Crippen LogP contribution in [-0.4, -0.2) is 74.2 Å². The lowest BCUT2D eigenvalue weighted by Gasteiger charge is -2.28. The number of nitrogens with zero attached hydrogens (tertiary/aromatic N) is 4. The summed E-state index contributed by atoms with van der Waals surface area (Å²) in [6, 6.07) is 7.26. The van der Waals surface area contributed by atoms with Crippen LogP contribution in [0.4, 0.5) is 5.95 Å². The highest BCUT2D eigenvalue weighted by atomic mass is 31.2. The molecule has 1 unspecified atom stereocenters. The summed E-state index contributed by atoms with van der Waals surface area (Å²) in [4.78, 5) is 24.9. The van der Waals surface area contributed by atoms with Crippen LogP contribution < -0.4 is 25.8 Å². The molecule has 16 heteroatoms. The first-order valence-corrected chi connectivity index (χ1v) is 14.2. The molecule has 2 aromatic heterocycles. The molecule has 4 rings (SSSR count). The van der Waals surface area contributed by atoms with Crippen molar-refractivity contribution >= 4 is 30.8 Å². The largest absolute Gasteiger partial charge is 0.476 e. The van der Waals surface area contributed by atoms with Crippen LogP contribution in [0.3, 0.4) is 0 Å². The van der Waals surface area contributed by atoms with Gasteiger partial charge in [0.05, 0.1) is 31.7 Å². The fraction of sp³-hybridized carbons (Fsp3) is 0.500. The lowest BCUT2D eigenvalue weighted by molar-refractivity contribution is -0.144. The Hall–Kier alpha value is -3.33. The number of aliphatic hydroxyl groups excluding tert-OH is 1. The van der Waals surface area contributed by atoms with Gasteiger partial charge in [0.2, 0.25) is 11.8 Å². The van der Waals surface area contributed by atoms with Crippen molar-refractivity contribution in [1.29, 1.82) is 0 Å². The van der Waals surface area contributed by atoms with Crippen LogP contribution in [0.2, 0.25) is 0 Å². The highest BCUT2D eigenvalue weighted by Gasteiger charge is 2.53. The molecule has 218 valence electrons. The van der Waals surface area contributed by atoms with Gasteiger partial charge in [-0.05, 0) is 39.8 Å². The summed E-state index contributed by atoms with van der Waals surface area (Å²) in [6.07, 6.45) is -1.90. The zero-order valence-electron chi connectivity index (χ0n) is 22.6. The third-order valence-corrected chi connectivity index (χ3v) is 7.78. The number of nitrogens with two attached hydrogens (primary N) is 2. The van der Waals surface area contributed by atoms with E-state index in [0.717, 1.165) is 0 Å². The average molecular weight is 580 g/mol. The van der Waals surface area contributed by atoms with Crippen LogP contribution in [0.25, 0.3) is 11.2 Å². The number of nitrogens with one attached hydrogen (secondary N) is 1. The molecule has 1 fully saturated rings. The van der Waals surface area contributed by atoms with E-state index in [-0.39, 0.29) is 29.8 Å². The maximum absolute atomic E-state index is 13.8. The van der Waals surface area contributed by atoms with Crippen molar-refractivity contribution in [3.05, 3.63) is 36.7 Å². The molecule has 0 radical (unpaired) electrons. The number of para-hydroxylation sites is 1. The average Bonchev–Trinajstić information content (AvgIpc) is 3.41. The number of carbonyl (C=O) groups is 1. The smallest absolute Gasteiger partial charge is 0.459 e. The third kappa shape index (κ3) is 6.19. The van der Waals surface area contributed by atoms with E-state index in [9.17, 15) is 14.5 Å². The van der Waals surface area contributed by atoms with E-state index in [2.05, 4.69) is 20.0 Å². The zero-order valence-corrected chi connectivity index (χ0v) is 23.5. The van der Waals surface area contributed by atoms with E-state index in [4.69, 9.17) is 34.7 Å². The second kappa shape index (κ2) is 12.0. The number of esters is 1. The van der Waals surface area contributed by atoms with E-state index in [1.54, 1.807) is 51.1 Å². The Balaban J connectivity index is 1.57. The van der Waals surface area contributed by atoms with Crippen molar-refractivity contribution in [3.63, 3.8) is 0 Å². The number of aromatic nitrogens is 4. The van der Waals surface area contributed by atoms with Crippen LogP contribution in [0.5, 0.6) is 11.6 Å². The maximum atomic E-state index is 13.8. The lowest BCUT2D eigenvalue weighted by atomic mass is 9.93. The predicted molar refractivity (Wildman–Crippen MR) is 143 cm³/mol. The van der Waals surface area contributed by atoms with Gasteiger partial charge in [-0.15, -0.1) is 0 Å². The molecule has 1 aromatic carbocycles. The SMILES string of the molecule is CCOC(=O)[C@H](C)NP(=O)(OC[C@H]1O[C@@H](n2cnc3c(OCC)nc(N)nc32)[C@](C)(N)[C@@H]1O)Oc1ccccc1. The fourth-order valence-corrected chi connectivity index (χ4v) is 5.69. The summed E-state index contributed by atoms with van der Waals surface area (Å²) < 4.78 is 43.2. The molecule has 3 heterocycles. The Morgan fingerprint density at radius 1 is 1.27 bits per heavy atom. The molecule has 0 amide bonds. The molecular weight excluding hydrogens is 545 g/mol. The third-order valence-electron chi connectivity index (χ3n) is 6.14. The first-order valence-electron chi connectivity index (χ1n) is 12.7. The minimum absolute atomic E-state index is 0.0457. The van der Waals surface area contributed by atoms with Gasteiger partial charge in [0.25, 0.3) is 0 Å². The summed E-state index contributed by atoms with van der Waals surface area (Å²) in [5, 5.41) is 13.7. The minimum atomic E-state index is -4.19. The van der Waals surface area contributed by atoms with Crippen molar-refractivity contribution in [3.8, 4) is 11.6 Å². The minimum Gasteiger partial charge on any atom is -0.476 e. The number of aliphatic hydroxyl groups is 1. The van der Waals surface area contributed by atoms with E-state index in [1.807, 2.05) is 0 Å². The molecule has 0 spiro atoms. The first kappa shape index (κ1) is 29.6. The van der Waals surface area contributed by atoms with Crippen molar-refractivity contribution in [2.45, 2.75) is 57.7 Å². The lowest BCUT2D eigenvalue weighted by Crippen LogP contribution is -2.52. The molecule has 1 aliphatic rings. The number of rotatable bonds is 12. The standard InChI is InChI=1S/C24H34N7O8P/c1-5-35-20-17-19(28-23(25)29-20)31(13-27-17)22-24(4,26)18(32)16(38-22)12-37-40(34,30-14(3)21(33)36-6-2)39-15-10-8-7-9-11-15/h7-11,13-14,16,18,22,32H,5-6,12,26H2,1-4H3,(H,30,34)(H2,25,28,29)/t14-,16+,18+,22+,24+,40?/m0/s1. The second-order valence-corrected chi connectivity index (χ2v) is 11.0. The van der Waals surface area contributed by atoms with E-state index < -0.39 is 50.3 Å². The zero-order chi connectivity index (χ0) is 29.1. The summed E-state index contributed by atoms with van der Waals surface area (Å²) in [5.41, 5.74) is 11.7. The van der Waals surface area contributed by atoms with E-state index in [0.29, 0.717) is 12.1 Å². The molecule has 0 saturated carbocycles. The Bertz CT molecular complexity index is 1370. The van der Waals surface area contributed by atoms with Crippen molar-refractivity contribution in [2.75, 3.05) is 25.6 Å². The molecule has 15 nitrogen and oxygen atoms in total. The molecule has 6 atom stereocenters. The van der Waals surface area contributed by atoms with Crippen molar-refractivity contribution in [1.82, 2.24) is 24.6 Å². The highest BCUT2D eigenvalue weighted by Crippen LogP contribution is 2.47. The molecule has 40 heavy (non-hydrogen) atoms. The maximum Gasteiger partial charge on any atom is 0.459 e. The van der Waals surface area contributed by atoms with Gasteiger partial charge in [-0.1, -0.05) is 18.2 Å². The van der Waals surface area contributed by atoms with Gasteiger partial charge in [-0.2, -0.15) is 15.1 Å². The number of benzene rings is 1. The molecule has 3 aromatic rings. The van der Waals surface area contributed by atoms with Gasteiger partial charge in [0.15, 0.2) is 17.4 Å².